The van der Waals surface area contributed by atoms with E-state index in [0.717, 1.165) is 49.2 Å². The summed E-state index contributed by atoms with van der Waals surface area (Å²) in [5.74, 6) is 0.677. The molecule has 240 valence electrons. The lowest BCUT2D eigenvalue weighted by molar-refractivity contribution is -0.122. The highest BCUT2D eigenvalue weighted by Gasteiger charge is 2.20. The van der Waals surface area contributed by atoms with Crippen LogP contribution in [0, 0.1) is 6.92 Å². The predicted octanol–water partition coefficient (Wildman–Crippen LogP) is 8.60. The van der Waals surface area contributed by atoms with Gasteiger partial charge in [0.1, 0.15) is 11.8 Å². The van der Waals surface area contributed by atoms with Crippen molar-refractivity contribution in [2.24, 2.45) is 5.73 Å². The molecule has 0 aromatic heterocycles. The van der Waals surface area contributed by atoms with Gasteiger partial charge in [0.2, 0.25) is 5.91 Å². The molecule has 2 aromatic rings. The summed E-state index contributed by atoms with van der Waals surface area (Å²) in [5, 5.41) is 3.17. The SMILES string of the molecule is C=C/C=C\C=C/CCO/C(C)=C(/CCC=C)NC.CC.CCN(/C=C\Cc1ccccc1)C(Cc1ccc(C)cc1)C(N)=O. The number of benzene rings is 2. The third-order valence-corrected chi connectivity index (χ3v) is 6.56. The van der Waals surface area contributed by atoms with Crippen molar-refractivity contribution in [3.8, 4) is 0 Å². The summed E-state index contributed by atoms with van der Waals surface area (Å²) in [7, 11) is 1.92. The average Bonchev–Trinajstić information content (AvgIpc) is 3.04. The van der Waals surface area contributed by atoms with E-state index < -0.39 is 0 Å². The summed E-state index contributed by atoms with van der Waals surface area (Å²) in [6, 6.07) is 18.2. The van der Waals surface area contributed by atoms with Crippen LogP contribution in [0.3, 0.4) is 0 Å². The Morgan fingerprint density at radius 1 is 0.977 bits per heavy atom. The van der Waals surface area contributed by atoms with Crippen molar-refractivity contribution in [3.63, 3.8) is 0 Å². The van der Waals surface area contributed by atoms with E-state index in [1.807, 2.05) is 88.3 Å². The summed E-state index contributed by atoms with van der Waals surface area (Å²) in [4.78, 5) is 14.0. The van der Waals surface area contributed by atoms with Crippen molar-refractivity contribution in [2.45, 2.75) is 72.8 Å². The van der Waals surface area contributed by atoms with Gasteiger partial charge in [-0.1, -0.05) is 123 Å². The molecular weight excluding hydrogens is 542 g/mol. The van der Waals surface area contributed by atoms with Crippen molar-refractivity contribution in [1.29, 1.82) is 0 Å². The first kappa shape index (κ1) is 39.8. The highest BCUT2D eigenvalue weighted by Crippen LogP contribution is 2.12. The molecule has 5 heteroatoms. The molecule has 2 aromatic carbocycles. The fraction of sp³-hybridized carbons (Fsp3) is 0.359. The second-order valence-corrected chi connectivity index (χ2v) is 9.81. The molecule has 0 fully saturated rings. The van der Waals surface area contributed by atoms with Crippen molar-refractivity contribution >= 4 is 5.91 Å². The van der Waals surface area contributed by atoms with Crippen LogP contribution >= 0.6 is 0 Å². The van der Waals surface area contributed by atoms with Gasteiger partial charge in [-0.3, -0.25) is 4.79 Å². The van der Waals surface area contributed by atoms with E-state index in [4.69, 9.17) is 10.5 Å². The molecule has 0 aliphatic rings. The molecule has 3 N–H and O–H groups in total. The molecule has 1 atom stereocenters. The zero-order valence-corrected chi connectivity index (χ0v) is 28.1. The number of ether oxygens (including phenoxy) is 1. The Hall–Kier alpha value is -4.25. The first-order valence-electron chi connectivity index (χ1n) is 15.7. The summed E-state index contributed by atoms with van der Waals surface area (Å²) in [5.41, 5.74) is 10.4. The Bertz CT molecular complexity index is 1160. The third kappa shape index (κ3) is 18.3. The number of aryl methyl sites for hydroxylation is 1. The minimum Gasteiger partial charge on any atom is -0.496 e. The van der Waals surface area contributed by atoms with Crippen LogP contribution in [0.2, 0.25) is 0 Å². The molecule has 0 bridgehead atoms. The lowest BCUT2D eigenvalue weighted by atomic mass is 10.0. The number of carbonyl (C=O) groups is 1. The van der Waals surface area contributed by atoms with Gasteiger partial charge in [-0.05, 0) is 63.8 Å². The van der Waals surface area contributed by atoms with Crippen LogP contribution in [0.4, 0.5) is 0 Å². The van der Waals surface area contributed by atoms with Crippen molar-refractivity contribution in [3.05, 3.63) is 145 Å². The van der Waals surface area contributed by atoms with E-state index in [1.165, 1.54) is 11.1 Å². The number of rotatable bonds is 18. The second-order valence-electron chi connectivity index (χ2n) is 9.81. The largest absolute Gasteiger partial charge is 0.496 e. The number of hydrogen-bond acceptors (Lipinski definition) is 4. The maximum absolute atomic E-state index is 12.0. The smallest absolute Gasteiger partial charge is 0.240 e. The number of amides is 1. The number of nitrogens with two attached hydrogens (primary N) is 1. The second kappa shape index (κ2) is 26.4. The fourth-order valence-corrected chi connectivity index (χ4v) is 4.10. The zero-order chi connectivity index (χ0) is 33.0. The van der Waals surface area contributed by atoms with E-state index in [9.17, 15) is 4.79 Å². The first-order chi connectivity index (χ1) is 21.4. The van der Waals surface area contributed by atoms with E-state index >= 15 is 0 Å². The predicted molar refractivity (Wildman–Crippen MR) is 191 cm³/mol. The Morgan fingerprint density at radius 2 is 1.66 bits per heavy atom. The zero-order valence-electron chi connectivity index (χ0n) is 28.1. The van der Waals surface area contributed by atoms with Crippen LogP contribution in [0.25, 0.3) is 0 Å². The molecule has 0 heterocycles. The molecule has 2 rings (SSSR count). The number of primary amides is 1. The van der Waals surface area contributed by atoms with Gasteiger partial charge < -0.3 is 20.7 Å². The number of allylic oxidation sites excluding steroid dienone is 8. The molecular formula is C39H57N3O2. The molecule has 0 saturated heterocycles. The van der Waals surface area contributed by atoms with Gasteiger partial charge in [0, 0.05) is 25.7 Å². The van der Waals surface area contributed by atoms with Crippen LogP contribution in [0.15, 0.2) is 128 Å². The molecule has 44 heavy (non-hydrogen) atoms. The number of hydrogen-bond donors (Lipinski definition) is 2. The van der Waals surface area contributed by atoms with Gasteiger partial charge in [0.15, 0.2) is 0 Å². The van der Waals surface area contributed by atoms with Crippen molar-refractivity contribution < 1.29 is 9.53 Å². The molecule has 1 amide bonds. The number of carbonyl (C=O) groups excluding carboxylic acids is 1. The first-order valence-corrected chi connectivity index (χ1v) is 15.7. The number of nitrogens with zero attached hydrogens (tertiary/aromatic N) is 1. The maximum Gasteiger partial charge on any atom is 0.240 e. The van der Waals surface area contributed by atoms with Gasteiger partial charge >= 0.3 is 0 Å². The highest BCUT2D eigenvalue weighted by molar-refractivity contribution is 5.80. The summed E-state index contributed by atoms with van der Waals surface area (Å²) < 4.78 is 5.69. The van der Waals surface area contributed by atoms with Gasteiger partial charge in [-0.15, -0.1) is 6.58 Å². The van der Waals surface area contributed by atoms with Crippen LogP contribution < -0.4 is 11.1 Å². The minimum absolute atomic E-state index is 0.290. The molecule has 0 saturated carbocycles. The van der Waals surface area contributed by atoms with E-state index in [0.29, 0.717) is 13.0 Å². The van der Waals surface area contributed by atoms with E-state index in [2.05, 4.69) is 73.9 Å². The molecule has 0 radical (unpaired) electrons. The lowest BCUT2D eigenvalue weighted by Gasteiger charge is -2.27. The minimum atomic E-state index is -0.329. The Morgan fingerprint density at radius 3 is 2.23 bits per heavy atom. The van der Waals surface area contributed by atoms with Gasteiger partial charge in [0.05, 0.1) is 6.61 Å². The van der Waals surface area contributed by atoms with Crippen molar-refractivity contribution in [2.75, 3.05) is 20.2 Å². The van der Waals surface area contributed by atoms with Crippen LogP contribution in [0.5, 0.6) is 0 Å². The number of nitrogens with one attached hydrogen (secondary N) is 1. The van der Waals surface area contributed by atoms with E-state index in [1.54, 1.807) is 6.08 Å². The molecule has 1 unspecified atom stereocenters. The Labute approximate surface area is 268 Å². The van der Waals surface area contributed by atoms with Gasteiger partial charge in [-0.25, -0.2) is 0 Å². The maximum atomic E-state index is 12.0. The molecule has 0 aliphatic heterocycles. The standard InChI is InChI=1S/C21H26N2O.C16H25NO.C2H6/c1-3-23(15-7-10-18-8-5-4-6-9-18)20(21(22)24)16-19-13-11-17(2)12-14-19;1-5-7-9-10-11-12-14-18-15(3)16(17-4)13-8-6-2;1-2/h4-9,11-15,20H,3,10,16H2,1-2H3,(H2,22,24);5-7,9-11,17H,1-2,8,12-14H2,3-4H3;1-2H3/b15-7-;9-7-,11-10-,16-15-;. The Kier molecular flexibility index (Phi) is 23.8. The molecule has 0 aliphatic carbocycles. The molecule has 0 spiro atoms. The Balaban J connectivity index is 0.000000829. The average molecular weight is 600 g/mol. The van der Waals surface area contributed by atoms with Gasteiger partial charge in [-0.2, -0.15) is 0 Å². The summed E-state index contributed by atoms with van der Waals surface area (Å²) in [6.07, 6.45) is 20.0. The van der Waals surface area contributed by atoms with Gasteiger partial charge in [0.25, 0.3) is 0 Å². The van der Waals surface area contributed by atoms with Crippen molar-refractivity contribution in [1.82, 2.24) is 10.2 Å². The summed E-state index contributed by atoms with van der Waals surface area (Å²) >= 11 is 0. The van der Waals surface area contributed by atoms with Crippen LogP contribution in [0.1, 0.15) is 63.6 Å². The lowest BCUT2D eigenvalue weighted by Crippen LogP contribution is -2.43. The number of likely N-dealkylation sites (N-methyl/N-ethyl adjacent to an activating group) is 1. The quantitative estimate of drug-likeness (QED) is 0.0779. The highest BCUT2D eigenvalue weighted by atomic mass is 16.5. The fourth-order valence-electron chi connectivity index (χ4n) is 4.10. The normalized spacial score (nSPS) is 12.0. The monoisotopic (exact) mass is 599 g/mol. The third-order valence-electron chi connectivity index (χ3n) is 6.56. The molecule has 5 nitrogen and oxygen atoms in total. The van der Waals surface area contributed by atoms with Crippen LogP contribution in [-0.2, 0) is 22.4 Å². The van der Waals surface area contributed by atoms with Crippen LogP contribution in [-0.4, -0.2) is 37.0 Å². The van der Waals surface area contributed by atoms with E-state index in [-0.39, 0.29) is 11.9 Å². The topological polar surface area (TPSA) is 67.6 Å². The summed E-state index contributed by atoms with van der Waals surface area (Å²) in [6.45, 7) is 18.9.